The molecule has 0 saturated carbocycles. The van der Waals surface area contributed by atoms with Crippen LogP contribution in [0.4, 0.5) is 0 Å². The predicted octanol–water partition coefficient (Wildman–Crippen LogP) is 0.406. The fraction of sp³-hybridized carbons (Fsp3) is 0.500. The molecule has 0 aliphatic heterocycles. The van der Waals surface area contributed by atoms with E-state index in [-0.39, 0.29) is 23.8 Å². The molecule has 6 N–H and O–H groups in total. The number of methoxy groups -OCH3 is 1. The van der Waals surface area contributed by atoms with Crippen LogP contribution >= 0.6 is 0 Å². The van der Waals surface area contributed by atoms with Crippen molar-refractivity contribution in [1.82, 2.24) is 4.72 Å². The summed E-state index contributed by atoms with van der Waals surface area (Å²) in [5.74, 6) is -0.750. The molecule has 0 amide bonds. The maximum absolute atomic E-state index is 12.7. The van der Waals surface area contributed by atoms with E-state index in [1.807, 2.05) is 0 Å². The number of sulfonamides is 1. The highest BCUT2D eigenvalue weighted by atomic mass is 32.2. The Labute approximate surface area is 153 Å². The number of carbonyl (C=O) groups is 1. The minimum absolute atomic E-state index is 0.127. The molecule has 0 saturated heterocycles. The lowest BCUT2D eigenvalue weighted by molar-refractivity contribution is -0.138. The SMILES string of the molecule is COc1cc(C)c(S(=O)(=O)NC(N)=NCCCC(N)C(=O)O)c(C)c1C. The number of ether oxygens (including phenoxy) is 1. The Morgan fingerprint density at radius 1 is 1.35 bits per heavy atom. The van der Waals surface area contributed by atoms with Crippen LogP contribution in [0.15, 0.2) is 16.0 Å². The number of carboxylic acids is 1. The van der Waals surface area contributed by atoms with Crippen LogP contribution < -0.4 is 20.9 Å². The van der Waals surface area contributed by atoms with Gasteiger partial charge in [-0.2, -0.15) is 0 Å². The summed E-state index contributed by atoms with van der Waals surface area (Å²) in [6.45, 7) is 5.30. The summed E-state index contributed by atoms with van der Waals surface area (Å²) >= 11 is 0. The van der Waals surface area contributed by atoms with Crippen molar-refractivity contribution in [3.8, 4) is 5.75 Å². The summed E-state index contributed by atoms with van der Waals surface area (Å²) in [5, 5.41) is 8.70. The van der Waals surface area contributed by atoms with Crippen LogP contribution in [0.2, 0.25) is 0 Å². The lowest BCUT2D eigenvalue weighted by atomic mass is 10.1. The third kappa shape index (κ3) is 5.33. The monoisotopic (exact) mass is 386 g/mol. The van der Waals surface area contributed by atoms with Gasteiger partial charge in [0.05, 0.1) is 12.0 Å². The average Bonchev–Trinajstić information content (AvgIpc) is 2.53. The van der Waals surface area contributed by atoms with E-state index in [0.717, 1.165) is 5.56 Å². The number of nitrogens with one attached hydrogen (secondary N) is 1. The zero-order valence-corrected chi connectivity index (χ0v) is 16.2. The van der Waals surface area contributed by atoms with Crippen LogP contribution in [0.25, 0.3) is 0 Å². The third-order valence-corrected chi connectivity index (χ3v) is 5.62. The highest BCUT2D eigenvalue weighted by Gasteiger charge is 2.23. The highest BCUT2D eigenvalue weighted by Crippen LogP contribution is 2.30. The Balaban J connectivity index is 2.91. The van der Waals surface area contributed by atoms with Crippen molar-refractivity contribution >= 4 is 22.0 Å². The first kappa shape index (κ1) is 21.7. The second-order valence-electron chi connectivity index (χ2n) is 5.93. The maximum Gasteiger partial charge on any atom is 0.320 e. The van der Waals surface area contributed by atoms with E-state index >= 15 is 0 Å². The standard InChI is InChI=1S/C16H26N4O5S/c1-9-8-13(25-4)10(2)11(3)14(9)26(23,24)20-16(18)19-7-5-6-12(17)15(21)22/h8,12H,5-7,17H2,1-4H3,(H,21,22)(H3,18,19,20). The molecule has 0 bridgehead atoms. The Kier molecular flexibility index (Phi) is 7.40. The quantitative estimate of drug-likeness (QED) is 0.286. The molecule has 0 spiro atoms. The van der Waals surface area contributed by atoms with E-state index in [2.05, 4.69) is 9.71 Å². The van der Waals surface area contributed by atoms with E-state index < -0.39 is 22.0 Å². The number of guanidine groups is 1. The van der Waals surface area contributed by atoms with Crippen molar-refractivity contribution in [2.24, 2.45) is 16.5 Å². The first-order valence-electron chi connectivity index (χ1n) is 7.97. The van der Waals surface area contributed by atoms with Gasteiger partial charge in [-0.1, -0.05) is 0 Å². The van der Waals surface area contributed by atoms with Gasteiger partial charge >= 0.3 is 5.97 Å². The van der Waals surface area contributed by atoms with Gasteiger partial charge in [0.15, 0.2) is 0 Å². The molecule has 146 valence electrons. The number of aryl methyl sites for hydroxylation is 1. The highest BCUT2D eigenvalue weighted by molar-refractivity contribution is 7.90. The van der Waals surface area contributed by atoms with Crippen LogP contribution in [0.1, 0.15) is 29.5 Å². The molecule has 26 heavy (non-hydrogen) atoms. The Bertz CT molecular complexity index is 805. The summed E-state index contributed by atoms with van der Waals surface area (Å²) in [5.41, 5.74) is 12.8. The molecular weight excluding hydrogens is 360 g/mol. The Hall–Kier alpha value is -2.33. The summed E-state index contributed by atoms with van der Waals surface area (Å²) in [4.78, 5) is 14.7. The summed E-state index contributed by atoms with van der Waals surface area (Å²) in [6, 6.07) is 0.674. The summed E-state index contributed by atoms with van der Waals surface area (Å²) < 4.78 is 32.8. The smallest absolute Gasteiger partial charge is 0.320 e. The Morgan fingerprint density at radius 3 is 2.50 bits per heavy atom. The van der Waals surface area contributed by atoms with Gasteiger partial charge in [0.25, 0.3) is 10.0 Å². The number of nitrogens with two attached hydrogens (primary N) is 2. The zero-order valence-electron chi connectivity index (χ0n) is 15.4. The fourth-order valence-electron chi connectivity index (χ4n) is 2.50. The summed E-state index contributed by atoms with van der Waals surface area (Å²) in [7, 11) is -2.39. The molecule has 10 heteroatoms. The topological polar surface area (TPSA) is 157 Å². The van der Waals surface area contributed by atoms with Crippen LogP contribution in [0.3, 0.4) is 0 Å². The van der Waals surface area contributed by atoms with E-state index in [1.54, 1.807) is 26.8 Å². The molecule has 0 aliphatic rings. The second-order valence-corrected chi connectivity index (χ2v) is 7.55. The number of hydrogen-bond acceptors (Lipinski definition) is 6. The van der Waals surface area contributed by atoms with Crippen molar-refractivity contribution in [3.63, 3.8) is 0 Å². The molecule has 1 aromatic rings. The predicted molar refractivity (Wildman–Crippen MR) is 98.9 cm³/mol. The van der Waals surface area contributed by atoms with Gasteiger partial charge in [0, 0.05) is 6.54 Å². The maximum atomic E-state index is 12.7. The first-order chi connectivity index (χ1) is 12.0. The van der Waals surface area contributed by atoms with E-state index in [4.69, 9.17) is 21.3 Å². The van der Waals surface area contributed by atoms with Gasteiger partial charge < -0.3 is 21.3 Å². The molecule has 1 aromatic carbocycles. The van der Waals surface area contributed by atoms with Crippen molar-refractivity contribution in [2.75, 3.05) is 13.7 Å². The number of aliphatic carboxylic acids is 1. The van der Waals surface area contributed by atoms with Crippen molar-refractivity contribution < 1.29 is 23.1 Å². The number of nitrogens with zero attached hydrogens (tertiary/aromatic N) is 1. The van der Waals surface area contributed by atoms with Crippen molar-refractivity contribution in [1.29, 1.82) is 0 Å². The number of aliphatic imine (C=N–C) groups is 1. The van der Waals surface area contributed by atoms with Crippen LogP contribution in [-0.4, -0.2) is 45.1 Å². The fourth-order valence-corrected chi connectivity index (χ4v) is 3.98. The molecule has 1 unspecified atom stereocenters. The molecule has 1 rings (SSSR count). The van der Waals surface area contributed by atoms with Gasteiger partial charge in [0.2, 0.25) is 5.96 Å². The number of hydrogen-bond donors (Lipinski definition) is 4. The van der Waals surface area contributed by atoms with Crippen LogP contribution in [0.5, 0.6) is 5.75 Å². The zero-order chi connectivity index (χ0) is 20.1. The molecule has 0 radical (unpaired) electrons. The van der Waals surface area contributed by atoms with E-state index in [0.29, 0.717) is 23.3 Å². The molecule has 0 aromatic heterocycles. The second kappa shape index (κ2) is 8.86. The lowest BCUT2D eigenvalue weighted by Gasteiger charge is -2.16. The number of carboxylic acid groups (broad SMARTS) is 1. The average molecular weight is 386 g/mol. The minimum atomic E-state index is -3.92. The van der Waals surface area contributed by atoms with Gasteiger partial charge in [0.1, 0.15) is 11.8 Å². The van der Waals surface area contributed by atoms with Gasteiger partial charge in [-0.3, -0.25) is 9.79 Å². The van der Waals surface area contributed by atoms with E-state index in [9.17, 15) is 13.2 Å². The largest absolute Gasteiger partial charge is 0.496 e. The van der Waals surface area contributed by atoms with Crippen LogP contribution in [0, 0.1) is 20.8 Å². The van der Waals surface area contributed by atoms with Gasteiger partial charge in [-0.25, -0.2) is 13.1 Å². The normalized spacial score (nSPS) is 13.3. The number of rotatable bonds is 8. The Morgan fingerprint density at radius 2 is 1.96 bits per heavy atom. The number of benzene rings is 1. The first-order valence-corrected chi connectivity index (χ1v) is 9.45. The molecule has 0 aliphatic carbocycles. The van der Waals surface area contributed by atoms with Gasteiger partial charge in [-0.15, -0.1) is 0 Å². The molecule has 0 heterocycles. The minimum Gasteiger partial charge on any atom is -0.496 e. The third-order valence-electron chi connectivity index (χ3n) is 3.98. The van der Waals surface area contributed by atoms with Crippen molar-refractivity contribution in [2.45, 2.75) is 44.6 Å². The molecule has 9 nitrogen and oxygen atoms in total. The van der Waals surface area contributed by atoms with Crippen LogP contribution in [-0.2, 0) is 14.8 Å². The summed E-state index contributed by atoms with van der Waals surface area (Å²) in [6.07, 6.45) is 0.588. The molecule has 1 atom stereocenters. The lowest BCUT2D eigenvalue weighted by Crippen LogP contribution is -2.37. The van der Waals surface area contributed by atoms with Gasteiger partial charge in [-0.05, 0) is 56.4 Å². The van der Waals surface area contributed by atoms with Crippen molar-refractivity contribution in [3.05, 3.63) is 22.8 Å². The molecule has 0 fully saturated rings. The van der Waals surface area contributed by atoms with E-state index in [1.165, 1.54) is 7.11 Å². The molecular formula is C16H26N4O5S.